The Balaban J connectivity index is 3.16. The molecule has 0 aliphatic heterocycles. The Morgan fingerprint density at radius 2 is 1.83 bits per heavy atom. The summed E-state index contributed by atoms with van der Waals surface area (Å²) < 4.78 is 9.98. The van der Waals surface area contributed by atoms with Crippen LogP contribution < -0.4 is 9.47 Å². The van der Waals surface area contributed by atoms with Crippen LogP contribution in [0.3, 0.4) is 0 Å². The van der Waals surface area contributed by atoms with E-state index in [1.54, 1.807) is 6.07 Å². The van der Waals surface area contributed by atoms with E-state index < -0.39 is 17.5 Å². The molecule has 0 saturated carbocycles. The van der Waals surface area contributed by atoms with E-state index in [-0.39, 0.29) is 11.3 Å². The molecule has 0 saturated heterocycles. The third-order valence-corrected chi connectivity index (χ3v) is 2.16. The minimum Gasteiger partial charge on any atom is -0.507 e. The fourth-order valence-corrected chi connectivity index (χ4v) is 1.27. The number of ether oxygens (including phenoxy) is 2. The molecule has 0 radical (unpaired) electrons. The number of hydrogen-bond donors (Lipinski definition) is 2. The lowest BCUT2D eigenvalue weighted by Crippen LogP contribution is -2.09. The van der Waals surface area contributed by atoms with Crippen molar-refractivity contribution in [3.05, 3.63) is 29.8 Å². The first-order chi connectivity index (χ1) is 8.49. The standard InChI is InChI=1S/C12H12O6/c1-17-7-3-4-8(11(5-7)18-2)9(13)6-10(14)12(15)16/h3-6,13H,1-2H3,(H,15,16). The van der Waals surface area contributed by atoms with E-state index in [0.29, 0.717) is 11.8 Å². The summed E-state index contributed by atoms with van der Waals surface area (Å²) in [5.41, 5.74) is 0.202. The van der Waals surface area contributed by atoms with Gasteiger partial charge in [0.15, 0.2) is 0 Å². The van der Waals surface area contributed by atoms with Gasteiger partial charge in [0.05, 0.1) is 19.8 Å². The first kappa shape index (κ1) is 13.6. The summed E-state index contributed by atoms with van der Waals surface area (Å²) in [6, 6.07) is 4.51. The molecule has 1 aromatic rings. The second kappa shape index (κ2) is 5.72. The summed E-state index contributed by atoms with van der Waals surface area (Å²) >= 11 is 0. The van der Waals surface area contributed by atoms with Gasteiger partial charge < -0.3 is 19.7 Å². The molecule has 1 rings (SSSR count). The molecule has 0 unspecified atom stereocenters. The lowest BCUT2D eigenvalue weighted by atomic mass is 10.1. The van der Waals surface area contributed by atoms with Gasteiger partial charge in [-0.05, 0) is 12.1 Å². The number of ketones is 1. The highest BCUT2D eigenvalue weighted by molar-refractivity contribution is 6.38. The van der Waals surface area contributed by atoms with E-state index in [1.807, 2.05) is 0 Å². The summed E-state index contributed by atoms with van der Waals surface area (Å²) in [7, 11) is 2.85. The van der Waals surface area contributed by atoms with E-state index in [1.165, 1.54) is 26.4 Å². The van der Waals surface area contributed by atoms with Gasteiger partial charge in [0.25, 0.3) is 5.78 Å². The van der Waals surface area contributed by atoms with Crippen LogP contribution in [0.25, 0.3) is 5.76 Å². The zero-order valence-corrected chi connectivity index (χ0v) is 9.84. The molecule has 0 aromatic heterocycles. The molecule has 0 fully saturated rings. The van der Waals surface area contributed by atoms with Gasteiger partial charge >= 0.3 is 5.97 Å². The molecule has 6 heteroatoms. The maximum absolute atomic E-state index is 10.9. The number of benzene rings is 1. The smallest absolute Gasteiger partial charge is 0.376 e. The summed E-state index contributed by atoms with van der Waals surface area (Å²) in [5.74, 6) is -2.57. The SMILES string of the molecule is COc1ccc(C(O)=CC(=O)C(=O)O)c(OC)c1. The van der Waals surface area contributed by atoms with Crippen molar-refractivity contribution in [2.75, 3.05) is 14.2 Å². The predicted molar refractivity (Wildman–Crippen MR) is 62.8 cm³/mol. The first-order valence-corrected chi connectivity index (χ1v) is 4.90. The number of carbonyl (C=O) groups is 2. The van der Waals surface area contributed by atoms with Crippen LogP contribution in [0.2, 0.25) is 0 Å². The van der Waals surface area contributed by atoms with Gasteiger partial charge in [-0.25, -0.2) is 4.79 Å². The highest BCUT2D eigenvalue weighted by atomic mass is 16.5. The Kier molecular flexibility index (Phi) is 4.31. The normalized spacial score (nSPS) is 10.9. The zero-order chi connectivity index (χ0) is 13.7. The van der Waals surface area contributed by atoms with Crippen molar-refractivity contribution in [2.45, 2.75) is 0 Å². The summed E-state index contributed by atoms with van der Waals surface area (Å²) in [6.45, 7) is 0. The lowest BCUT2D eigenvalue weighted by molar-refractivity contribution is -0.146. The molecule has 18 heavy (non-hydrogen) atoms. The maximum atomic E-state index is 10.9. The molecule has 0 atom stereocenters. The summed E-state index contributed by atoms with van der Waals surface area (Å²) in [4.78, 5) is 21.3. The number of aliphatic hydroxyl groups is 1. The number of carbonyl (C=O) groups excluding carboxylic acids is 1. The van der Waals surface area contributed by atoms with E-state index in [0.717, 1.165) is 0 Å². The molecule has 0 amide bonds. The van der Waals surface area contributed by atoms with Crippen LogP contribution in [0.4, 0.5) is 0 Å². The van der Waals surface area contributed by atoms with Crippen LogP contribution in [-0.4, -0.2) is 36.2 Å². The van der Waals surface area contributed by atoms with Crippen LogP contribution in [-0.2, 0) is 9.59 Å². The fourth-order valence-electron chi connectivity index (χ4n) is 1.27. The van der Waals surface area contributed by atoms with Gasteiger partial charge in [0, 0.05) is 12.1 Å². The first-order valence-electron chi connectivity index (χ1n) is 4.90. The van der Waals surface area contributed by atoms with Crippen molar-refractivity contribution in [3.8, 4) is 11.5 Å². The number of carboxylic acids is 1. The van der Waals surface area contributed by atoms with Crippen LogP contribution in [0.1, 0.15) is 5.56 Å². The Hall–Kier alpha value is -2.50. The largest absolute Gasteiger partial charge is 0.507 e. The average Bonchev–Trinajstić information content (AvgIpc) is 2.37. The van der Waals surface area contributed by atoms with Crippen molar-refractivity contribution < 1.29 is 29.3 Å². The Bertz CT molecular complexity index is 503. The Morgan fingerprint density at radius 1 is 1.17 bits per heavy atom. The van der Waals surface area contributed by atoms with Crippen molar-refractivity contribution in [1.82, 2.24) is 0 Å². The highest BCUT2D eigenvalue weighted by Crippen LogP contribution is 2.28. The molecular weight excluding hydrogens is 240 g/mol. The van der Waals surface area contributed by atoms with Crippen LogP contribution in [0.5, 0.6) is 11.5 Å². The second-order valence-corrected chi connectivity index (χ2v) is 3.27. The molecule has 0 heterocycles. The van der Waals surface area contributed by atoms with Crippen molar-refractivity contribution >= 4 is 17.5 Å². The van der Waals surface area contributed by atoms with Gasteiger partial charge in [-0.15, -0.1) is 0 Å². The van der Waals surface area contributed by atoms with Crippen LogP contribution >= 0.6 is 0 Å². The van der Waals surface area contributed by atoms with E-state index >= 15 is 0 Å². The summed E-state index contributed by atoms with van der Waals surface area (Å²) in [6.07, 6.45) is 0.618. The Morgan fingerprint density at radius 3 is 2.33 bits per heavy atom. The van der Waals surface area contributed by atoms with Gasteiger partial charge in [0.2, 0.25) is 0 Å². The minimum atomic E-state index is -1.64. The minimum absolute atomic E-state index is 0.202. The third kappa shape index (κ3) is 3.00. The monoisotopic (exact) mass is 252 g/mol. The maximum Gasteiger partial charge on any atom is 0.376 e. The lowest BCUT2D eigenvalue weighted by Gasteiger charge is -2.09. The van der Waals surface area contributed by atoms with Gasteiger partial charge in [-0.1, -0.05) is 0 Å². The molecular formula is C12H12O6. The van der Waals surface area contributed by atoms with Gasteiger partial charge in [-0.3, -0.25) is 4.79 Å². The number of carboxylic acid groups (broad SMARTS) is 1. The van der Waals surface area contributed by atoms with Gasteiger partial charge in [-0.2, -0.15) is 0 Å². The van der Waals surface area contributed by atoms with Crippen molar-refractivity contribution in [1.29, 1.82) is 0 Å². The van der Waals surface area contributed by atoms with Crippen molar-refractivity contribution in [3.63, 3.8) is 0 Å². The molecule has 1 aromatic carbocycles. The Labute approximate surface area is 103 Å². The van der Waals surface area contributed by atoms with Gasteiger partial charge in [0.1, 0.15) is 17.3 Å². The fraction of sp³-hybridized carbons (Fsp3) is 0.167. The molecule has 96 valence electrons. The van der Waals surface area contributed by atoms with E-state index in [9.17, 15) is 14.7 Å². The van der Waals surface area contributed by atoms with Crippen LogP contribution in [0.15, 0.2) is 24.3 Å². The molecule has 0 aliphatic rings. The molecule has 0 bridgehead atoms. The number of aliphatic hydroxyl groups excluding tert-OH is 1. The average molecular weight is 252 g/mol. The molecule has 6 nitrogen and oxygen atoms in total. The van der Waals surface area contributed by atoms with Crippen molar-refractivity contribution in [2.24, 2.45) is 0 Å². The topological polar surface area (TPSA) is 93.1 Å². The van der Waals surface area contributed by atoms with Crippen LogP contribution in [0, 0.1) is 0 Å². The molecule has 0 aliphatic carbocycles. The number of hydrogen-bond acceptors (Lipinski definition) is 5. The molecule has 0 spiro atoms. The number of methoxy groups -OCH3 is 2. The number of rotatable bonds is 5. The third-order valence-electron chi connectivity index (χ3n) is 2.16. The van der Waals surface area contributed by atoms with E-state index in [4.69, 9.17) is 14.6 Å². The number of aliphatic carboxylic acids is 1. The highest BCUT2D eigenvalue weighted by Gasteiger charge is 2.14. The van der Waals surface area contributed by atoms with E-state index in [2.05, 4.69) is 0 Å². The molecule has 2 N–H and O–H groups in total. The predicted octanol–water partition coefficient (Wildman–Crippen LogP) is 1.26. The quantitative estimate of drug-likeness (QED) is 0.465. The summed E-state index contributed by atoms with van der Waals surface area (Å²) in [5, 5.41) is 18.1. The second-order valence-electron chi connectivity index (χ2n) is 3.27. The zero-order valence-electron chi connectivity index (χ0n) is 9.84.